The second-order valence-corrected chi connectivity index (χ2v) is 9.22. The Kier molecular flexibility index (Phi) is 7.58. The summed E-state index contributed by atoms with van der Waals surface area (Å²) in [5.74, 6) is 1.52. The third-order valence-corrected chi connectivity index (χ3v) is 6.64. The van der Waals surface area contributed by atoms with Crippen molar-refractivity contribution in [3.05, 3.63) is 41.4 Å². The molecule has 162 valence electrons. The maximum atomic E-state index is 6.51. The van der Waals surface area contributed by atoms with Crippen molar-refractivity contribution in [1.29, 1.82) is 0 Å². The van der Waals surface area contributed by atoms with Gasteiger partial charge in [-0.1, -0.05) is 11.6 Å². The Morgan fingerprint density at radius 1 is 1.03 bits per heavy atom. The zero-order valence-corrected chi connectivity index (χ0v) is 18.6. The number of nitrogens with zero attached hydrogens (tertiary/aromatic N) is 2. The van der Waals surface area contributed by atoms with Gasteiger partial charge in [0.2, 0.25) is 0 Å². The number of pyridine rings is 2. The summed E-state index contributed by atoms with van der Waals surface area (Å²) in [7, 11) is 1.75. The molecular formula is C24H33ClN4O. The van der Waals surface area contributed by atoms with E-state index >= 15 is 0 Å². The molecule has 2 aliphatic carbocycles. The van der Waals surface area contributed by atoms with Gasteiger partial charge >= 0.3 is 0 Å². The summed E-state index contributed by atoms with van der Waals surface area (Å²) in [6.07, 6.45) is 14.2. The number of ether oxygens (including phenoxy) is 1. The van der Waals surface area contributed by atoms with Gasteiger partial charge in [0, 0.05) is 61.7 Å². The predicted octanol–water partition coefficient (Wildman–Crippen LogP) is 4.96. The van der Waals surface area contributed by atoms with Crippen LogP contribution in [0.1, 0.15) is 44.2 Å². The van der Waals surface area contributed by atoms with Crippen LogP contribution >= 0.6 is 11.6 Å². The fourth-order valence-corrected chi connectivity index (χ4v) is 4.53. The Balaban J connectivity index is 1.36. The van der Waals surface area contributed by atoms with Crippen molar-refractivity contribution in [2.75, 3.05) is 32.1 Å². The number of nitrogens with one attached hydrogen (secondary N) is 2. The van der Waals surface area contributed by atoms with Gasteiger partial charge in [-0.15, -0.1) is 0 Å². The summed E-state index contributed by atoms with van der Waals surface area (Å²) in [5.41, 5.74) is 4.27. The maximum Gasteiger partial charge on any atom is 0.0668 e. The third-order valence-electron chi connectivity index (χ3n) is 6.34. The molecule has 0 amide bonds. The van der Waals surface area contributed by atoms with E-state index in [9.17, 15) is 0 Å². The highest BCUT2D eigenvalue weighted by atomic mass is 35.5. The molecule has 2 N–H and O–H groups in total. The Hall–Kier alpha value is -1.69. The van der Waals surface area contributed by atoms with Crippen molar-refractivity contribution in [1.82, 2.24) is 15.3 Å². The molecule has 5 nitrogen and oxygen atoms in total. The zero-order chi connectivity index (χ0) is 20.8. The Labute approximate surface area is 185 Å². The van der Waals surface area contributed by atoms with E-state index in [2.05, 4.69) is 32.7 Å². The van der Waals surface area contributed by atoms with Crippen LogP contribution in [0.5, 0.6) is 0 Å². The summed E-state index contributed by atoms with van der Waals surface area (Å²) in [4.78, 5) is 9.06. The van der Waals surface area contributed by atoms with E-state index in [0.29, 0.717) is 17.0 Å². The molecule has 0 aliphatic heterocycles. The number of hydrogen-bond acceptors (Lipinski definition) is 5. The standard InChI is InChI=1S/C24H33ClN4O/c1-30-9-8-27-20-6-4-17(5-7-20)10-21-12-23(24(25)16-29-21)19-11-22(15-26-14-19)28-13-18-2-3-18/h11-12,14-18,20,27-28H,2-10,13H2,1H3. The van der Waals surface area contributed by atoms with Crippen LogP contribution in [-0.2, 0) is 11.2 Å². The van der Waals surface area contributed by atoms with Crippen LogP contribution < -0.4 is 10.6 Å². The van der Waals surface area contributed by atoms with Crippen LogP contribution in [-0.4, -0.2) is 42.8 Å². The molecule has 2 heterocycles. The minimum Gasteiger partial charge on any atom is -0.384 e. The first-order valence-corrected chi connectivity index (χ1v) is 11.6. The minimum absolute atomic E-state index is 0.627. The third kappa shape index (κ3) is 6.16. The van der Waals surface area contributed by atoms with Gasteiger partial charge in [-0.25, -0.2) is 0 Å². The molecular weight excluding hydrogens is 396 g/mol. The van der Waals surface area contributed by atoms with Crippen LogP contribution in [0.4, 0.5) is 5.69 Å². The fraction of sp³-hybridized carbons (Fsp3) is 0.583. The van der Waals surface area contributed by atoms with E-state index in [1.54, 1.807) is 13.3 Å². The molecule has 4 rings (SSSR count). The minimum atomic E-state index is 0.627. The van der Waals surface area contributed by atoms with E-state index in [0.717, 1.165) is 54.5 Å². The van der Waals surface area contributed by atoms with Gasteiger partial charge < -0.3 is 15.4 Å². The van der Waals surface area contributed by atoms with Gasteiger partial charge in [-0.2, -0.15) is 0 Å². The first-order chi connectivity index (χ1) is 14.7. The summed E-state index contributed by atoms with van der Waals surface area (Å²) < 4.78 is 5.13. The highest BCUT2D eigenvalue weighted by molar-refractivity contribution is 6.33. The monoisotopic (exact) mass is 428 g/mol. The van der Waals surface area contributed by atoms with Gasteiger partial charge in [0.05, 0.1) is 17.3 Å². The zero-order valence-electron chi connectivity index (χ0n) is 17.9. The van der Waals surface area contributed by atoms with Crippen LogP contribution in [0.25, 0.3) is 11.1 Å². The lowest BCUT2D eigenvalue weighted by molar-refractivity contribution is 0.188. The van der Waals surface area contributed by atoms with Crippen LogP contribution in [0.15, 0.2) is 30.7 Å². The number of anilines is 1. The van der Waals surface area contributed by atoms with Crippen LogP contribution in [0.3, 0.4) is 0 Å². The number of rotatable bonds is 10. The van der Waals surface area contributed by atoms with Gasteiger partial charge in [-0.3, -0.25) is 9.97 Å². The molecule has 2 aromatic heterocycles. The van der Waals surface area contributed by atoms with Crippen molar-refractivity contribution >= 4 is 17.3 Å². The van der Waals surface area contributed by atoms with E-state index in [4.69, 9.17) is 16.3 Å². The summed E-state index contributed by atoms with van der Waals surface area (Å²) in [6, 6.07) is 4.94. The molecule has 2 aliphatic rings. The SMILES string of the molecule is COCCNC1CCC(Cc2cc(-c3cncc(NCC4CC4)c3)c(Cl)cn2)CC1. The second-order valence-electron chi connectivity index (χ2n) is 8.81. The molecule has 0 unspecified atom stereocenters. The fourth-order valence-electron chi connectivity index (χ4n) is 4.31. The molecule has 0 radical (unpaired) electrons. The molecule has 0 aromatic carbocycles. The summed E-state index contributed by atoms with van der Waals surface area (Å²) in [5, 5.41) is 7.79. The number of methoxy groups -OCH3 is 1. The Morgan fingerprint density at radius 2 is 1.83 bits per heavy atom. The number of halogens is 1. The molecule has 2 aromatic rings. The smallest absolute Gasteiger partial charge is 0.0668 e. The molecule has 6 heteroatoms. The van der Waals surface area contributed by atoms with Crippen molar-refractivity contribution in [3.63, 3.8) is 0 Å². The van der Waals surface area contributed by atoms with E-state index in [1.807, 2.05) is 12.4 Å². The van der Waals surface area contributed by atoms with Crippen molar-refractivity contribution < 1.29 is 4.74 Å². The molecule has 2 fully saturated rings. The average molecular weight is 429 g/mol. The van der Waals surface area contributed by atoms with Crippen LogP contribution in [0, 0.1) is 11.8 Å². The van der Waals surface area contributed by atoms with E-state index < -0.39 is 0 Å². The van der Waals surface area contributed by atoms with Gasteiger partial charge in [0.25, 0.3) is 0 Å². The van der Waals surface area contributed by atoms with E-state index in [1.165, 1.54) is 38.5 Å². The van der Waals surface area contributed by atoms with Crippen molar-refractivity contribution in [2.45, 2.75) is 51.0 Å². The lowest BCUT2D eigenvalue weighted by Crippen LogP contribution is -2.35. The topological polar surface area (TPSA) is 59.1 Å². The molecule has 0 spiro atoms. The molecule has 2 saturated carbocycles. The summed E-state index contributed by atoms with van der Waals surface area (Å²) >= 11 is 6.51. The van der Waals surface area contributed by atoms with E-state index in [-0.39, 0.29) is 0 Å². The van der Waals surface area contributed by atoms with Gasteiger partial charge in [0.15, 0.2) is 0 Å². The first kappa shape index (κ1) is 21.5. The normalized spacial score (nSPS) is 21.5. The van der Waals surface area contributed by atoms with Crippen molar-refractivity contribution in [2.24, 2.45) is 11.8 Å². The molecule has 0 saturated heterocycles. The van der Waals surface area contributed by atoms with Crippen LogP contribution in [0.2, 0.25) is 5.02 Å². The number of hydrogen-bond donors (Lipinski definition) is 2. The highest BCUT2D eigenvalue weighted by Crippen LogP contribution is 2.33. The Morgan fingerprint density at radius 3 is 2.60 bits per heavy atom. The summed E-state index contributed by atoms with van der Waals surface area (Å²) in [6.45, 7) is 2.75. The highest BCUT2D eigenvalue weighted by Gasteiger charge is 2.22. The molecule has 0 atom stereocenters. The van der Waals surface area contributed by atoms with Gasteiger partial charge in [0.1, 0.15) is 0 Å². The number of aromatic nitrogens is 2. The molecule has 30 heavy (non-hydrogen) atoms. The quantitative estimate of drug-likeness (QED) is 0.524. The van der Waals surface area contributed by atoms with Gasteiger partial charge in [-0.05, 0) is 68.9 Å². The predicted molar refractivity (Wildman–Crippen MR) is 123 cm³/mol. The largest absolute Gasteiger partial charge is 0.384 e. The molecule has 0 bridgehead atoms. The second kappa shape index (κ2) is 10.6. The lowest BCUT2D eigenvalue weighted by atomic mass is 9.83. The Bertz CT molecular complexity index is 819. The lowest BCUT2D eigenvalue weighted by Gasteiger charge is -2.29. The average Bonchev–Trinajstić information content (AvgIpc) is 3.60. The maximum absolute atomic E-state index is 6.51. The van der Waals surface area contributed by atoms with Crippen molar-refractivity contribution in [3.8, 4) is 11.1 Å². The first-order valence-electron chi connectivity index (χ1n) is 11.3.